The summed E-state index contributed by atoms with van der Waals surface area (Å²) < 4.78 is 10.8. The van der Waals surface area contributed by atoms with Gasteiger partial charge in [-0.1, -0.05) is 54.5 Å². The Labute approximate surface area is 179 Å². The van der Waals surface area contributed by atoms with E-state index in [1.165, 1.54) is 4.90 Å². The Hall–Kier alpha value is -3.87. The van der Waals surface area contributed by atoms with Crippen LogP contribution in [0.25, 0.3) is 5.76 Å². The molecule has 158 valence electrons. The van der Waals surface area contributed by atoms with Crippen LogP contribution in [0.3, 0.4) is 0 Å². The van der Waals surface area contributed by atoms with E-state index >= 15 is 0 Å². The summed E-state index contributed by atoms with van der Waals surface area (Å²) in [5.41, 5.74) is 1.09. The van der Waals surface area contributed by atoms with Gasteiger partial charge in [0.15, 0.2) is 5.82 Å². The molecule has 1 unspecified atom stereocenters. The molecule has 0 saturated carbocycles. The Bertz CT molecular complexity index is 1130. The molecule has 7 nitrogen and oxygen atoms in total. The topological polar surface area (TPSA) is 92.9 Å². The fraction of sp³-hybridized carbons (Fsp3) is 0.208. The minimum absolute atomic E-state index is 0.000852. The van der Waals surface area contributed by atoms with Gasteiger partial charge in [0.05, 0.1) is 18.2 Å². The van der Waals surface area contributed by atoms with Crippen molar-refractivity contribution in [3.63, 3.8) is 0 Å². The molecule has 7 heteroatoms. The Balaban J connectivity index is 1.85. The molecule has 1 amide bonds. The summed E-state index contributed by atoms with van der Waals surface area (Å²) in [4.78, 5) is 27.2. The van der Waals surface area contributed by atoms with E-state index in [-0.39, 0.29) is 17.2 Å². The summed E-state index contributed by atoms with van der Waals surface area (Å²) >= 11 is 0. The lowest BCUT2D eigenvalue weighted by Crippen LogP contribution is -2.29. The molecule has 4 rings (SSSR count). The number of aliphatic hydroxyl groups is 1. The molecule has 1 saturated heterocycles. The third-order valence-electron chi connectivity index (χ3n) is 5.02. The minimum atomic E-state index is -0.857. The lowest BCUT2D eigenvalue weighted by Gasteiger charge is -2.23. The molecule has 1 atom stereocenters. The number of aromatic nitrogens is 1. The average molecular weight is 418 g/mol. The van der Waals surface area contributed by atoms with Gasteiger partial charge in [-0.3, -0.25) is 14.5 Å². The molecule has 3 aromatic rings. The normalized spacial score (nSPS) is 17.9. The number of anilines is 1. The van der Waals surface area contributed by atoms with Gasteiger partial charge in [-0.15, -0.1) is 0 Å². The molecule has 1 aliphatic rings. The number of hydrogen-bond acceptors (Lipinski definition) is 6. The van der Waals surface area contributed by atoms with E-state index in [9.17, 15) is 14.7 Å². The second-order valence-electron chi connectivity index (χ2n) is 7.25. The second kappa shape index (κ2) is 8.47. The quantitative estimate of drug-likeness (QED) is 0.362. The maximum atomic E-state index is 13.0. The molecule has 1 N–H and O–H groups in total. The lowest BCUT2D eigenvalue weighted by atomic mass is 9.95. The molecule has 2 heterocycles. The van der Waals surface area contributed by atoms with Gasteiger partial charge in [0.1, 0.15) is 17.3 Å². The zero-order valence-corrected chi connectivity index (χ0v) is 17.2. The van der Waals surface area contributed by atoms with Gasteiger partial charge >= 0.3 is 5.91 Å². The number of aryl methyl sites for hydroxylation is 1. The standard InChI is InChI=1S/C24H22N2O5/c1-3-13-30-18-11-9-16(10-12-18)21-20(22(27)17-7-5-4-6-8-17)23(28)24(29)26(21)19-14-15(2)31-25-19/h4-12,14,21,27H,3,13H2,1-2H3/b22-20+. The summed E-state index contributed by atoms with van der Waals surface area (Å²) in [6.45, 7) is 4.31. The van der Waals surface area contributed by atoms with E-state index in [0.29, 0.717) is 29.2 Å². The van der Waals surface area contributed by atoms with E-state index in [2.05, 4.69) is 5.16 Å². The van der Waals surface area contributed by atoms with Crippen molar-refractivity contribution in [2.45, 2.75) is 26.3 Å². The monoisotopic (exact) mass is 418 g/mol. The van der Waals surface area contributed by atoms with Crippen LogP contribution in [-0.4, -0.2) is 28.6 Å². The minimum Gasteiger partial charge on any atom is -0.507 e. The van der Waals surface area contributed by atoms with Crippen LogP contribution >= 0.6 is 0 Å². The Kier molecular flexibility index (Phi) is 5.58. The number of ether oxygens (including phenoxy) is 1. The van der Waals surface area contributed by atoms with Crippen LogP contribution in [0.15, 0.2) is 70.8 Å². The van der Waals surface area contributed by atoms with Gasteiger partial charge in [0.2, 0.25) is 0 Å². The number of carbonyl (C=O) groups excluding carboxylic acids is 2. The highest BCUT2D eigenvalue weighted by Gasteiger charge is 2.48. The van der Waals surface area contributed by atoms with Gasteiger partial charge in [-0.2, -0.15) is 0 Å². The summed E-state index contributed by atoms with van der Waals surface area (Å²) in [5, 5.41) is 14.9. The number of carbonyl (C=O) groups is 2. The van der Waals surface area contributed by atoms with Crippen molar-refractivity contribution in [2.24, 2.45) is 0 Å². The van der Waals surface area contributed by atoms with E-state index in [4.69, 9.17) is 9.26 Å². The predicted molar refractivity (Wildman–Crippen MR) is 115 cm³/mol. The molecule has 1 aromatic heterocycles. The van der Waals surface area contributed by atoms with Crippen LogP contribution < -0.4 is 9.64 Å². The van der Waals surface area contributed by atoms with Crippen molar-refractivity contribution in [2.75, 3.05) is 11.5 Å². The average Bonchev–Trinajstić information content (AvgIpc) is 3.33. The van der Waals surface area contributed by atoms with E-state index in [1.807, 2.05) is 6.92 Å². The van der Waals surface area contributed by atoms with Crippen LogP contribution in [0.2, 0.25) is 0 Å². The van der Waals surface area contributed by atoms with Gasteiger partial charge in [0, 0.05) is 11.6 Å². The highest BCUT2D eigenvalue weighted by Crippen LogP contribution is 2.42. The van der Waals surface area contributed by atoms with Crippen LogP contribution in [0.5, 0.6) is 5.75 Å². The summed E-state index contributed by atoms with van der Waals surface area (Å²) in [7, 11) is 0. The number of hydrogen-bond donors (Lipinski definition) is 1. The summed E-state index contributed by atoms with van der Waals surface area (Å²) in [5.74, 6) is -0.397. The van der Waals surface area contributed by atoms with Gasteiger partial charge < -0.3 is 14.4 Å². The number of aliphatic hydroxyl groups excluding tert-OH is 1. The SMILES string of the molecule is CCCOc1ccc(C2/C(=C(\O)c3ccccc3)C(=O)C(=O)N2c2cc(C)on2)cc1. The second-order valence-corrected chi connectivity index (χ2v) is 7.25. The molecular weight excluding hydrogens is 396 g/mol. The van der Waals surface area contributed by atoms with Gasteiger partial charge in [-0.25, -0.2) is 0 Å². The first-order valence-corrected chi connectivity index (χ1v) is 10.0. The van der Waals surface area contributed by atoms with E-state index in [1.54, 1.807) is 67.6 Å². The third-order valence-corrected chi connectivity index (χ3v) is 5.02. The molecule has 0 radical (unpaired) electrons. The van der Waals surface area contributed by atoms with Crippen LogP contribution in [0.4, 0.5) is 5.82 Å². The Morgan fingerprint density at radius 3 is 2.45 bits per heavy atom. The van der Waals surface area contributed by atoms with E-state index in [0.717, 1.165) is 6.42 Å². The first-order valence-electron chi connectivity index (χ1n) is 10.0. The zero-order valence-electron chi connectivity index (χ0n) is 17.2. The number of rotatable bonds is 6. The molecule has 1 fully saturated rings. The van der Waals surface area contributed by atoms with Crippen LogP contribution in [-0.2, 0) is 9.59 Å². The number of ketones is 1. The summed E-state index contributed by atoms with van der Waals surface area (Å²) in [6, 6.07) is 16.5. The van der Waals surface area contributed by atoms with Crippen molar-refractivity contribution >= 4 is 23.3 Å². The molecular formula is C24H22N2O5. The first kappa shape index (κ1) is 20.4. The number of Topliss-reactive ketones (excluding diaryl/α,β-unsaturated/α-hetero) is 1. The third kappa shape index (κ3) is 3.82. The number of amides is 1. The molecule has 0 aliphatic carbocycles. The number of nitrogens with zero attached hydrogens (tertiary/aromatic N) is 2. The highest BCUT2D eigenvalue weighted by atomic mass is 16.5. The van der Waals surface area contributed by atoms with Crippen molar-refractivity contribution in [1.82, 2.24) is 5.16 Å². The largest absolute Gasteiger partial charge is 0.507 e. The lowest BCUT2D eigenvalue weighted by molar-refractivity contribution is -0.132. The maximum absolute atomic E-state index is 13.0. The fourth-order valence-corrected chi connectivity index (χ4v) is 3.57. The smallest absolute Gasteiger partial charge is 0.301 e. The molecule has 2 aromatic carbocycles. The molecule has 1 aliphatic heterocycles. The zero-order chi connectivity index (χ0) is 22.0. The maximum Gasteiger partial charge on any atom is 0.301 e. The van der Waals surface area contributed by atoms with Crippen LogP contribution in [0.1, 0.15) is 36.3 Å². The van der Waals surface area contributed by atoms with Crippen molar-refractivity contribution in [3.05, 3.63) is 83.1 Å². The Morgan fingerprint density at radius 1 is 1.13 bits per heavy atom. The van der Waals surface area contributed by atoms with Crippen molar-refractivity contribution in [1.29, 1.82) is 0 Å². The van der Waals surface area contributed by atoms with Gasteiger partial charge in [-0.05, 0) is 31.0 Å². The Morgan fingerprint density at radius 2 is 1.84 bits per heavy atom. The fourth-order valence-electron chi connectivity index (χ4n) is 3.57. The first-order chi connectivity index (χ1) is 15.0. The predicted octanol–water partition coefficient (Wildman–Crippen LogP) is 4.40. The van der Waals surface area contributed by atoms with Crippen molar-refractivity contribution < 1.29 is 24.0 Å². The number of benzene rings is 2. The summed E-state index contributed by atoms with van der Waals surface area (Å²) in [6.07, 6.45) is 0.879. The van der Waals surface area contributed by atoms with Crippen molar-refractivity contribution in [3.8, 4) is 5.75 Å². The molecule has 31 heavy (non-hydrogen) atoms. The highest BCUT2D eigenvalue weighted by molar-refractivity contribution is 6.51. The van der Waals surface area contributed by atoms with Gasteiger partial charge in [0.25, 0.3) is 5.78 Å². The van der Waals surface area contributed by atoms with E-state index < -0.39 is 17.7 Å². The molecule has 0 bridgehead atoms. The van der Waals surface area contributed by atoms with Crippen LogP contribution in [0, 0.1) is 6.92 Å². The molecule has 0 spiro atoms.